The molecule has 1 aromatic carbocycles. The molecule has 0 aromatic heterocycles. The second-order valence-corrected chi connectivity index (χ2v) is 2.56. The largest absolute Gasteiger partial charge is 0.497 e. The van der Waals surface area contributed by atoms with Crippen molar-refractivity contribution in [1.82, 2.24) is 0 Å². The molecule has 14 heavy (non-hydrogen) atoms. The van der Waals surface area contributed by atoms with E-state index in [1.165, 1.54) is 0 Å². The molecule has 0 aliphatic carbocycles. The monoisotopic (exact) mass is 191 g/mol. The first-order chi connectivity index (χ1) is 6.81. The van der Waals surface area contributed by atoms with E-state index in [1.807, 2.05) is 0 Å². The van der Waals surface area contributed by atoms with Crippen molar-refractivity contribution in [2.45, 2.75) is 0 Å². The van der Waals surface area contributed by atoms with Gasteiger partial charge in [-0.2, -0.15) is 0 Å². The van der Waals surface area contributed by atoms with Crippen molar-refractivity contribution in [3.8, 4) is 11.5 Å². The third-order valence-electron chi connectivity index (χ3n) is 1.66. The van der Waals surface area contributed by atoms with Crippen molar-refractivity contribution < 1.29 is 14.3 Å². The van der Waals surface area contributed by atoms with Crippen LogP contribution in [-0.2, 0) is 4.79 Å². The Balaban J connectivity index is 2.95. The summed E-state index contributed by atoms with van der Waals surface area (Å²) in [4.78, 5) is 10.5. The summed E-state index contributed by atoms with van der Waals surface area (Å²) in [7, 11) is 1.55. The van der Waals surface area contributed by atoms with Crippen LogP contribution in [-0.4, -0.2) is 20.0 Å². The number of hydrogen-bond acceptors (Lipinski definition) is 3. The predicted molar refractivity (Wildman–Crippen MR) is 53.5 cm³/mol. The van der Waals surface area contributed by atoms with E-state index in [9.17, 15) is 4.79 Å². The Kier molecular flexibility index (Phi) is 3.73. The summed E-state index contributed by atoms with van der Waals surface area (Å²) >= 11 is 0. The SMILES string of the molecule is C=CCOc1cc(OC)ccc1[C]=O. The molecule has 3 heteroatoms. The summed E-state index contributed by atoms with van der Waals surface area (Å²) in [6, 6.07) is 4.93. The number of methoxy groups -OCH3 is 1. The van der Waals surface area contributed by atoms with Gasteiger partial charge in [0.05, 0.1) is 12.7 Å². The van der Waals surface area contributed by atoms with Gasteiger partial charge < -0.3 is 9.47 Å². The second-order valence-electron chi connectivity index (χ2n) is 2.56. The average Bonchev–Trinajstić information content (AvgIpc) is 2.25. The van der Waals surface area contributed by atoms with Crippen molar-refractivity contribution >= 4 is 6.29 Å². The molecular formula is C11H11O3. The number of carbonyl (C=O) groups excluding carboxylic acids is 1. The molecule has 0 N–H and O–H groups in total. The van der Waals surface area contributed by atoms with Gasteiger partial charge in [0.1, 0.15) is 18.1 Å². The first-order valence-corrected chi connectivity index (χ1v) is 4.11. The van der Waals surface area contributed by atoms with Gasteiger partial charge >= 0.3 is 0 Å². The van der Waals surface area contributed by atoms with Crippen LogP contribution in [0.2, 0.25) is 0 Å². The quantitative estimate of drug-likeness (QED) is 0.665. The van der Waals surface area contributed by atoms with E-state index in [0.717, 1.165) is 0 Å². The fourth-order valence-corrected chi connectivity index (χ4v) is 0.982. The highest BCUT2D eigenvalue weighted by Crippen LogP contribution is 2.23. The lowest BCUT2D eigenvalue weighted by atomic mass is 10.2. The number of ether oxygens (including phenoxy) is 2. The summed E-state index contributed by atoms with van der Waals surface area (Å²) in [6.45, 7) is 3.87. The van der Waals surface area contributed by atoms with E-state index in [2.05, 4.69) is 6.58 Å². The third-order valence-corrected chi connectivity index (χ3v) is 1.66. The Hall–Kier alpha value is -1.77. The van der Waals surface area contributed by atoms with Gasteiger partial charge in [-0.15, -0.1) is 0 Å². The zero-order valence-electron chi connectivity index (χ0n) is 7.95. The molecule has 0 fully saturated rings. The topological polar surface area (TPSA) is 35.5 Å². The lowest BCUT2D eigenvalue weighted by Gasteiger charge is -2.07. The smallest absolute Gasteiger partial charge is 0.237 e. The van der Waals surface area contributed by atoms with E-state index < -0.39 is 0 Å². The first-order valence-electron chi connectivity index (χ1n) is 4.11. The average molecular weight is 191 g/mol. The fourth-order valence-electron chi connectivity index (χ4n) is 0.982. The maximum atomic E-state index is 10.5. The molecule has 0 bridgehead atoms. The third kappa shape index (κ3) is 2.36. The van der Waals surface area contributed by atoms with Gasteiger partial charge in [0, 0.05) is 6.07 Å². The van der Waals surface area contributed by atoms with Crippen LogP contribution in [0.3, 0.4) is 0 Å². The molecule has 0 aliphatic rings. The van der Waals surface area contributed by atoms with Crippen molar-refractivity contribution in [2.75, 3.05) is 13.7 Å². The molecule has 73 valence electrons. The van der Waals surface area contributed by atoms with E-state index in [0.29, 0.717) is 23.7 Å². The summed E-state index contributed by atoms with van der Waals surface area (Å²) in [5.41, 5.74) is 0.382. The first kappa shape index (κ1) is 10.3. The lowest BCUT2D eigenvalue weighted by molar-refractivity contribution is 0.356. The van der Waals surface area contributed by atoms with Crippen LogP contribution in [0.4, 0.5) is 0 Å². The Morgan fingerprint density at radius 2 is 2.36 bits per heavy atom. The van der Waals surface area contributed by atoms with Crippen LogP contribution >= 0.6 is 0 Å². The number of benzene rings is 1. The Morgan fingerprint density at radius 3 is 2.93 bits per heavy atom. The molecule has 0 unspecified atom stereocenters. The molecule has 1 aromatic rings. The van der Waals surface area contributed by atoms with E-state index in [1.54, 1.807) is 37.7 Å². The normalized spacial score (nSPS) is 9.21. The van der Waals surface area contributed by atoms with Gasteiger partial charge in [-0.3, -0.25) is 4.79 Å². The highest BCUT2D eigenvalue weighted by Gasteiger charge is 2.04. The fraction of sp³-hybridized carbons (Fsp3) is 0.182. The zero-order valence-corrected chi connectivity index (χ0v) is 7.95. The molecule has 0 spiro atoms. The Morgan fingerprint density at radius 1 is 1.57 bits per heavy atom. The van der Waals surface area contributed by atoms with Crippen molar-refractivity contribution in [1.29, 1.82) is 0 Å². The van der Waals surface area contributed by atoms with Crippen LogP contribution in [0.5, 0.6) is 11.5 Å². The molecule has 0 heterocycles. The lowest BCUT2D eigenvalue weighted by Crippen LogP contribution is -1.97. The summed E-state index contributed by atoms with van der Waals surface area (Å²) in [6.07, 6.45) is 3.40. The van der Waals surface area contributed by atoms with E-state index >= 15 is 0 Å². The van der Waals surface area contributed by atoms with Crippen molar-refractivity contribution in [3.05, 3.63) is 36.4 Å². The Bertz CT molecular complexity index is 331. The molecular weight excluding hydrogens is 180 g/mol. The van der Waals surface area contributed by atoms with Crippen molar-refractivity contribution in [3.63, 3.8) is 0 Å². The van der Waals surface area contributed by atoms with Crippen LogP contribution in [0, 0.1) is 0 Å². The molecule has 1 rings (SSSR count). The highest BCUT2D eigenvalue weighted by molar-refractivity contribution is 5.80. The van der Waals surface area contributed by atoms with Crippen LogP contribution in [0.15, 0.2) is 30.9 Å². The standard InChI is InChI=1S/C11H11O3/c1-3-6-14-11-7-10(13-2)5-4-9(11)8-12/h3-5,7H,1,6H2,2H3. The maximum absolute atomic E-state index is 10.5. The van der Waals surface area contributed by atoms with Gasteiger partial charge in [-0.1, -0.05) is 12.7 Å². The highest BCUT2D eigenvalue weighted by atomic mass is 16.5. The minimum Gasteiger partial charge on any atom is -0.497 e. The zero-order chi connectivity index (χ0) is 10.4. The summed E-state index contributed by atoms with van der Waals surface area (Å²) in [5, 5.41) is 0. The minimum atomic E-state index is 0.349. The summed E-state index contributed by atoms with van der Waals surface area (Å²) < 4.78 is 10.3. The van der Waals surface area contributed by atoms with Crippen LogP contribution in [0.1, 0.15) is 5.56 Å². The van der Waals surface area contributed by atoms with Crippen molar-refractivity contribution in [2.24, 2.45) is 0 Å². The molecule has 0 saturated carbocycles. The molecule has 0 saturated heterocycles. The van der Waals surface area contributed by atoms with Crippen LogP contribution < -0.4 is 9.47 Å². The number of rotatable bonds is 5. The molecule has 3 nitrogen and oxygen atoms in total. The van der Waals surface area contributed by atoms with Gasteiger partial charge in [0.15, 0.2) is 0 Å². The second kappa shape index (κ2) is 5.07. The van der Waals surface area contributed by atoms with E-state index in [4.69, 9.17) is 9.47 Å². The molecule has 0 atom stereocenters. The van der Waals surface area contributed by atoms with Gasteiger partial charge in [-0.25, -0.2) is 0 Å². The summed E-state index contributed by atoms with van der Waals surface area (Å²) in [5.74, 6) is 1.10. The molecule has 0 amide bonds. The van der Waals surface area contributed by atoms with E-state index in [-0.39, 0.29) is 0 Å². The minimum absolute atomic E-state index is 0.349. The Labute approximate surface area is 83.0 Å². The van der Waals surface area contributed by atoms with Gasteiger partial charge in [0.2, 0.25) is 6.29 Å². The molecule has 0 aliphatic heterocycles. The molecule has 1 radical (unpaired) electrons. The predicted octanol–water partition coefficient (Wildman–Crippen LogP) is 1.72. The maximum Gasteiger partial charge on any atom is 0.237 e. The van der Waals surface area contributed by atoms with Gasteiger partial charge in [-0.05, 0) is 12.1 Å². The van der Waals surface area contributed by atoms with Gasteiger partial charge in [0.25, 0.3) is 0 Å². The number of hydrogen-bond donors (Lipinski definition) is 0. The van der Waals surface area contributed by atoms with Crippen LogP contribution in [0.25, 0.3) is 0 Å².